The topological polar surface area (TPSA) is 23.6 Å². The summed E-state index contributed by atoms with van der Waals surface area (Å²) in [7, 11) is 5.67. The van der Waals surface area contributed by atoms with Crippen LogP contribution in [0.2, 0.25) is 0 Å². The number of hydrogen-bond donors (Lipinski definition) is 0. The highest BCUT2D eigenvalue weighted by Gasteiger charge is 2.16. The van der Waals surface area contributed by atoms with Crippen molar-refractivity contribution in [3.05, 3.63) is 52.3 Å². The predicted molar refractivity (Wildman–Crippen MR) is 82.3 cm³/mol. The Morgan fingerprint density at radius 3 is 2.75 bits per heavy atom. The number of rotatable bonds is 2. The van der Waals surface area contributed by atoms with E-state index < -0.39 is 0 Å². The van der Waals surface area contributed by atoms with Gasteiger partial charge in [-0.05, 0) is 49.8 Å². The average molecular weight is 270 g/mol. The molecule has 2 rings (SSSR count). The maximum absolute atomic E-state index is 12.1. The lowest BCUT2D eigenvalue weighted by Crippen LogP contribution is -2.24. The monoisotopic (exact) mass is 270 g/mol. The first-order valence-electron chi connectivity index (χ1n) is 6.94. The minimum absolute atomic E-state index is 0.0287. The van der Waals surface area contributed by atoms with Crippen molar-refractivity contribution >= 4 is 5.91 Å². The molecule has 0 aromatic heterocycles. The van der Waals surface area contributed by atoms with E-state index in [1.807, 2.05) is 18.2 Å². The number of carbonyl (C=O) groups is 1. The van der Waals surface area contributed by atoms with Gasteiger partial charge in [-0.3, -0.25) is 4.79 Å². The molecule has 1 heterocycles. The maximum atomic E-state index is 12.1. The molecule has 1 aliphatic carbocycles. The molecule has 0 unspecified atom stereocenters. The van der Waals surface area contributed by atoms with Crippen LogP contribution in [0.1, 0.15) is 13.3 Å². The van der Waals surface area contributed by atoms with E-state index in [0.717, 1.165) is 30.7 Å². The molecule has 0 aromatic carbocycles. The number of hydrogen-bond acceptors (Lipinski definition) is 2. The first-order chi connectivity index (χ1) is 9.49. The van der Waals surface area contributed by atoms with Gasteiger partial charge in [0.2, 0.25) is 0 Å². The van der Waals surface area contributed by atoms with Crippen molar-refractivity contribution in [2.24, 2.45) is 0 Å². The molecule has 1 aliphatic heterocycles. The molecule has 1 amide bonds. The van der Waals surface area contributed by atoms with E-state index in [-0.39, 0.29) is 5.91 Å². The van der Waals surface area contributed by atoms with Crippen LogP contribution in [0.25, 0.3) is 0 Å². The quantitative estimate of drug-likeness (QED) is 0.719. The molecule has 106 valence electrons. The van der Waals surface area contributed by atoms with Crippen LogP contribution in [0.4, 0.5) is 0 Å². The summed E-state index contributed by atoms with van der Waals surface area (Å²) in [6.45, 7) is 4.10. The first-order valence-corrected chi connectivity index (χ1v) is 6.94. The summed E-state index contributed by atoms with van der Waals surface area (Å²) in [6.07, 6.45) is 8.96. The molecule has 0 atom stereocenters. The summed E-state index contributed by atoms with van der Waals surface area (Å²) >= 11 is 0. The van der Waals surface area contributed by atoms with E-state index in [2.05, 4.69) is 30.7 Å². The maximum Gasteiger partial charge on any atom is 0.253 e. The van der Waals surface area contributed by atoms with Crippen LogP contribution in [0.5, 0.6) is 0 Å². The molecule has 3 nitrogen and oxygen atoms in total. The Balaban J connectivity index is 2.27. The van der Waals surface area contributed by atoms with Gasteiger partial charge in [-0.1, -0.05) is 6.08 Å². The second-order valence-electron chi connectivity index (χ2n) is 5.58. The van der Waals surface area contributed by atoms with Crippen molar-refractivity contribution < 1.29 is 4.79 Å². The third-order valence-electron chi connectivity index (χ3n) is 3.64. The summed E-state index contributed by atoms with van der Waals surface area (Å²) in [6, 6.07) is 0. The summed E-state index contributed by atoms with van der Waals surface area (Å²) in [4.78, 5) is 16.0. The zero-order valence-electron chi connectivity index (χ0n) is 12.7. The second kappa shape index (κ2) is 6.08. The van der Waals surface area contributed by atoms with Crippen molar-refractivity contribution in [3.63, 3.8) is 0 Å². The molecule has 3 heteroatoms. The van der Waals surface area contributed by atoms with Gasteiger partial charge in [-0.25, -0.2) is 0 Å². The van der Waals surface area contributed by atoms with Crippen molar-refractivity contribution in [2.45, 2.75) is 13.3 Å². The highest BCUT2D eigenvalue weighted by Crippen LogP contribution is 2.26. The average Bonchev–Trinajstić information content (AvgIpc) is 2.61. The van der Waals surface area contributed by atoms with E-state index in [1.165, 1.54) is 5.57 Å². The molecule has 0 bridgehead atoms. The van der Waals surface area contributed by atoms with E-state index >= 15 is 0 Å². The normalized spacial score (nSPS) is 19.6. The molecule has 2 aliphatic rings. The Morgan fingerprint density at radius 2 is 2.15 bits per heavy atom. The lowest BCUT2D eigenvalue weighted by atomic mass is 9.94. The number of amides is 1. The number of carbonyl (C=O) groups excluding carboxylic acids is 1. The van der Waals surface area contributed by atoms with Gasteiger partial charge in [-0.15, -0.1) is 5.73 Å². The van der Waals surface area contributed by atoms with Crippen molar-refractivity contribution in [2.75, 3.05) is 34.2 Å². The van der Waals surface area contributed by atoms with Crippen LogP contribution >= 0.6 is 0 Å². The molecule has 0 fully saturated rings. The molecule has 20 heavy (non-hydrogen) atoms. The second-order valence-corrected chi connectivity index (χ2v) is 5.58. The lowest BCUT2D eigenvalue weighted by molar-refractivity contribution is -0.124. The SMILES string of the molecule is CC1=CC(C(=O)N(C)C)=CC=C=C1C1=CCN(C)CC1. The lowest BCUT2D eigenvalue weighted by Gasteiger charge is -2.23. The van der Waals surface area contributed by atoms with Gasteiger partial charge in [0.25, 0.3) is 5.91 Å². The molecule has 0 radical (unpaired) electrons. The minimum atomic E-state index is 0.0287. The fourth-order valence-corrected chi connectivity index (χ4v) is 2.42. The third kappa shape index (κ3) is 3.19. The molecule has 0 saturated carbocycles. The van der Waals surface area contributed by atoms with Crippen LogP contribution in [-0.2, 0) is 4.79 Å². The number of allylic oxidation sites excluding steroid dienone is 3. The Morgan fingerprint density at radius 1 is 1.40 bits per heavy atom. The highest BCUT2D eigenvalue weighted by atomic mass is 16.2. The van der Waals surface area contributed by atoms with Gasteiger partial charge in [0.05, 0.1) is 0 Å². The van der Waals surface area contributed by atoms with Crippen LogP contribution in [0.15, 0.2) is 52.3 Å². The standard InChI is InChI=1S/C17H22N2O/c1-13-12-15(17(20)18(2)3)6-5-7-16(13)14-8-10-19(4)11-9-14/h5-6,8,12H,9-11H2,1-4H3. The Bertz CT molecular complexity index is 570. The van der Waals surface area contributed by atoms with Crippen LogP contribution in [-0.4, -0.2) is 49.9 Å². The molecule has 0 spiro atoms. The minimum Gasteiger partial charge on any atom is -0.345 e. The molecule has 0 saturated heterocycles. The summed E-state index contributed by atoms with van der Waals surface area (Å²) in [5.74, 6) is 0.0287. The van der Waals surface area contributed by atoms with Crippen LogP contribution < -0.4 is 0 Å². The van der Waals surface area contributed by atoms with Crippen LogP contribution in [0.3, 0.4) is 0 Å². The zero-order chi connectivity index (χ0) is 14.7. The molecule has 0 N–H and O–H groups in total. The van der Waals surface area contributed by atoms with Gasteiger partial charge in [0, 0.05) is 38.3 Å². The van der Waals surface area contributed by atoms with E-state index in [4.69, 9.17) is 0 Å². The molecular formula is C17H22N2O. The molecule has 0 aromatic rings. The summed E-state index contributed by atoms with van der Waals surface area (Å²) in [5, 5.41) is 0. The fraction of sp³-hybridized carbons (Fsp3) is 0.412. The smallest absolute Gasteiger partial charge is 0.253 e. The highest BCUT2D eigenvalue weighted by molar-refractivity contribution is 5.96. The largest absolute Gasteiger partial charge is 0.345 e. The Hall–Kier alpha value is -1.83. The van der Waals surface area contributed by atoms with E-state index in [9.17, 15) is 4.79 Å². The van der Waals surface area contributed by atoms with Crippen LogP contribution in [0, 0.1) is 0 Å². The van der Waals surface area contributed by atoms with Gasteiger partial charge < -0.3 is 9.80 Å². The van der Waals surface area contributed by atoms with Gasteiger partial charge >= 0.3 is 0 Å². The zero-order valence-corrected chi connectivity index (χ0v) is 12.7. The van der Waals surface area contributed by atoms with Crippen molar-refractivity contribution in [1.29, 1.82) is 0 Å². The molecular weight excluding hydrogens is 248 g/mol. The van der Waals surface area contributed by atoms with E-state index in [0.29, 0.717) is 5.57 Å². The third-order valence-corrected chi connectivity index (χ3v) is 3.64. The summed E-state index contributed by atoms with van der Waals surface area (Å²) in [5.41, 5.74) is 7.62. The van der Waals surface area contributed by atoms with Crippen molar-refractivity contribution in [1.82, 2.24) is 9.80 Å². The van der Waals surface area contributed by atoms with Gasteiger partial charge in [-0.2, -0.15) is 0 Å². The number of likely N-dealkylation sites (N-methyl/N-ethyl adjacent to an activating group) is 2. The Kier molecular flexibility index (Phi) is 4.43. The Labute approximate surface area is 121 Å². The van der Waals surface area contributed by atoms with Crippen molar-refractivity contribution in [3.8, 4) is 0 Å². The number of nitrogens with zero attached hydrogens (tertiary/aromatic N) is 2. The summed E-state index contributed by atoms with van der Waals surface area (Å²) < 4.78 is 0. The van der Waals surface area contributed by atoms with Gasteiger partial charge in [0.1, 0.15) is 0 Å². The first kappa shape index (κ1) is 14.6. The van der Waals surface area contributed by atoms with Gasteiger partial charge in [0.15, 0.2) is 0 Å². The van der Waals surface area contributed by atoms with E-state index in [1.54, 1.807) is 19.0 Å². The predicted octanol–water partition coefficient (Wildman–Crippen LogP) is 2.30. The fourth-order valence-electron chi connectivity index (χ4n) is 2.42.